The average molecular weight is 274 g/mol. The number of aryl methyl sites for hydroxylation is 1. The minimum Gasteiger partial charge on any atom is -0.313 e. The molecule has 2 rings (SSSR count). The van der Waals surface area contributed by atoms with Gasteiger partial charge in [-0.3, -0.25) is 4.98 Å². The minimum atomic E-state index is -0.269. The van der Waals surface area contributed by atoms with Crippen molar-refractivity contribution in [1.29, 1.82) is 0 Å². The first kappa shape index (κ1) is 16.3. The monoisotopic (exact) mass is 274 g/mol. The highest BCUT2D eigenvalue weighted by molar-refractivity contribution is 5.11. The van der Waals surface area contributed by atoms with Crippen molar-refractivity contribution in [2.24, 2.45) is 0 Å². The molecule has 0 amide bonds. The fourth-order valence-corrected chi connectivity index (χ4v) is 1.62. The van der Waals surface area contributed by atoms with E-state index in [0.29, 0.717) is 6.54 Å². The van der Waals surface area contributed by atoms with Gasteiger partial charge >= 0.3 is 0 Å². The van der Waals surface area contributed by atoms with E-state index in [4.69, 9.17) is 0 Å². The molecule has 0 atom stereocenters. The zero-order valence-electron chi connectivity index (χ0n) is 12.3. The Morgan fingerprint density at radius 2 is 1.90 bits per heavy atom. The Labute approximate surface area is 121 Å². The van der Waals surface area contributed by atoms with Crippen LogP contribution in [0.25, 0.3) is 0 Å². The van der Waals surface area contributed by atoms with Crippen molar-refractivity contribution >= 4 is 0 Å². The third-order valence-corrected chi connectivity index (χ3v) is 2.74. The van der Waals surface area contributed by atoms with Crippen LogP contribution in [0.2, 0.25) is 0 Å². The molecule has 3 heteroatoms. The van der Waals surface area contributed by atoms with E-state index in [9.17, 15) is 4.39 Å². The van der Waals surface area contributed by atoms with Crippen molar-refractivity contribution in [3.05, 3.63) is 65.7 Å². The lowest BCUT2D eigenvalue weighted by atomic mass is 10.2. The number of aromatic nitrogens is 1. The summed E-state index contributed by atoms with van der Waals surface area (Å²) in [6.45, 7) is 5.91. The van der Waals surface area contributed by atoms with Crippen molar-refractivity contribution in [3.8, 4) is 0 Å². The molecule has 0 unspecified atom stereocenters. The third kappa shape index (κ3) is 7.64. The Hall–Kier alpha value is -1.74. The zero-order valence-corrected chi connectivity index (χ0v) is 12.3. The summed E-state index contributed by atoms with van der Waals surface area (Å²) in [5.41, 5.74) is 2.22. The van der Waals surface area contributed by atoms with Crippen molar-refractivity contribution in [3.63, 3.8) is 0 Å². The van der Waals surface area contributed by atoms with E-state index < -0.39 is 0 Å². The van der Waals surface area contributed by atoms with Gasteiger partial charge < -0.3 is 5.32 Å². The van der Waals surface area contributed by atoms with Crippen molar-refractivity contribution in [2.75, 3.05) is 6.54 Å². The number of unbranched alkanes of at least 4 members (excludes halogenated alkanes) is 1. The second-order valence-electron chi connectivity index (χ2n) is 4.70. The number of hydrogen-bond acceptors (Lipinski definition) is 2. The van der Waals surface area contributed by atoms with E-state index in [1.807, 2.05) is 18.2 Å². The molecule has 0 aliphatic heterocycles. The fourth-order valence-electron chi connectivity index (χ4n) is 1.62. The molecular formula is C17H23FN2. The van der Waals surface area contributed by atoms with Gasteiger partial charge in [-0.2, -0.15) is 0 Å². The maximum absolute atomic E-state index is 12.7. The van der Waals surface area contributed by atoms with Gasteiger partial charge in [0.15, 0.2) is 0 Å². The maximum atomic E-state index is 12.7. The molecule has 0 radical (unpaired) electrons. The van der Waals surface area contributed by atoms with E-state index in [-0.39, 0.29) is 5.82 Å². The first-order chi connectivity index (χ1) is 9.72. The van der Waals surface area contributed by atoms with Crippen LogP contribution >= 0.6 is 0 Å². The summed E-state index contributed by atoms with van der Waals surface area (Å²) in [4.78, 5) is 3.77. The van der Waals surface area contributed by atoms with Crippen LogP contribution in [0, 0.1) is 12.7 Å². The molecule has 108 valence electrons. The van der Waals surface area contributed by atoms with Crippen molar-refractivity contribution in [2.45, 2.75) is 33.2 Å². The summed E-state index contributed by atoms with van der Waals surface area (Å²) in [5, 5.41) is 3.22. The van der Waals surface area contributed by atoms with Crippen LogP contribution in [0.1, 0.15) is 30.9 Å². The lowest BCUT2D eigenvalue weighted by Crippen LogP contribution is -2.14. The summed E-state index contributed by atoms with van der Waals surface area (Å²) in [5.74, 6) is -0.269. The summed E-state index contributed by atoms with van der Waals surface area (Å²) in [6.07, 6.45) is 5.23. The van der Waals surface area contributed by atoms with Gasteiger partial charge in [0.1, 0.15) is 5.82 Å². The van der Waals surface area contributed by atoms with Gasteiger partial charge in [0.05, 0.1) is 6.20 Å². The second kappa shape index (κ2) is 10.1. The summed E-state index contributed by atoms with van der Waals surface area (Å²) in [6, 6.07) is 11.8. The molecule has 0 saturated heterocycles. The molecule has 0 aliphatic carbocycles. The Balaban J connectivity index is 0.000000240. The highest BCUT2D eigenvalue weighted by Crippen LogP contribution is 1.99. The topological polar surface area (TPSA) is 24.9 Å². The third-order valence-electron chi connectivity index (χ3n) is 2.74. The van der Waals surface area contributed by atoms with Gasteiger partial charge in [-0.25, -0.2) is 4.39 Å². The van der Waals surface area contributed by atoms with E-state index in [0.717, 1.165) is 18.5 Å². The Morgan fingerprint density at radius 1 is 1.15 bits per heavy atom. The number of benzene rings is 1. The van der Waals surface area contributed by atoms with Gasteiger partial charge in [0.2, 0.25) is 0 Å². The number of nitrogens with zero attached hydrogens (tertiary/aromatic N) is 1. The molecule has 0 bridgehead atoms. The molecule has 2 aromatic rings. The molecular weight excluding hydrogens is 251 g/mol. The van der Waals surface area contributed by atoms with Gasteiger partial charge in [0, 0.05) is 12.7 Å². The highest BCUT2D eigenvalue weighted by atomic mass is 19.1. The second-order valence-corrected chi connectivity index (χ2v) is 4.70. The van der Waals surface area contributed by atoms with Crippen molar-refractivity contribution in [1.82, 2.24) is 10.3 Å². The molecule has 0 spiro atoms. The normalized spacial score (nSPS) is 9.75. The highest BCUT2D eigenvalue weighted by Gasteiger charge is 1.94. The first-order valence-electron chi connectivity index (χ1n) is 7.04. The smallest absolute Gasteiger partial charge is 0.141 e. The molecule has 0 aliphatic rings. The predicted molar refractivity (Wildman–Crippen MR) is 82.0 cm³/mol. The molecule has 2 nitrogen and oxygen atoms in total. The van der Waals surface area contributed by atoms with Crippen LogP contribution < -0.4 is 5.32 Å². The van der Waals surface area contributed by atoms with Crippen molar-refractivity contribution < 1.29 is 4.39 Å². The van der Waals surface area contributed by atoms with Crippen LogP contribution in [0.15, 0.2) is 48.8 Å². The SMILES string of the molecule is CCCCNCc1cncc(F)c1.Cc1ccccc1. The Morgan fingerprint density at radius 3 is 2.45 bits per heavy atom. The number of nitrogens with one attached hydrogen (secondary N) is 1. The van der Waals surface area contributed by atoms with E-state index >= 15 is 0 Å². The number of halogens is 1. The van der Waals surface area contributed by atoms with E-state index in [1.54, 1.807) is 6.20 Å². The lowest BCUT2D eigenvalue weighted by molar-refractivity contribution is 0.607. The first-order valence-corrected chi connectivity index (χ1v) is 7.04. The Bertz CT molecular complexity index is 471. The Kier molecular flexibility index (Phi) is 8.24. The molecule has 1 N–H and O–H groups in total. The number of hydrogen-bond donors (Lipinski definition) is 1. The van der Waals surface area contributed by atoms with Gasteiger partial charge in [-0.05, 0) is 31.5 Å². The van der Waals surface area contributed by atoms with Gasteiger partial charge in [-0.1, -0.05) is 49.2 Å². The molecule has 1 heterocycles. The van der Waals surface area contributed by atoms with Crippen LogP contribution in [-0.4, -0.2) is 11.5 Å². The summed E-state index contributed by atoms with van der Waals surface area (Å²) >= 11 is 0. The summed E-state index contributed by atoms with van der Waals surface area (Å²) < 4.78 is 12.7. The van der Waals surface area contributed by atoms with E-state index in [1.165, 1.54) is 24.2 Å². The van der Waals surface area contributed by atoms with E-state index in [2.05, 4.69) is 36.3 Å². The molecule has 1 aromatic heterocycles. The largest absolute Gasteiger partial charge is 0.313 e. The fraction of sp³-hybridized carbons (Fsp3) is 0.353. The maximum Gasteiger partial charge on any atom is 0.141 e. The summed E-state index contributed by atoms with van der Waals surface area (Å²) in [7, 11) is 0. The lowest BCUT2D eigenvalue weighted by Gasteiger charge is -2.02. The van der Waals surface area contributed by atoms with Crippen LogP contribution in [0.5, 0.6) is 0 Å². The predicted octanol–water partition coefficient (Wildman–Crippen LogP) is 4.11. The van der Waals surface area contributed by atoms with Crippen LogP contribution in [-0.2, 0) is 6.54 Å². The quantitative estimate of drug-likeness (QED) is 0.830. The standard InChI is InChI=1S/C10H15FN2.C7H8/c1-2-3-4-12-6-9-5-10(11)8-13-7-9;1-7-5-3-2-4-6-7/h5,7-8,12H,2-4,6H2,1H3;2-6H,1H3. The molecule has 20 heavy (non-hydrogen) atoms. The van der Waals surface area contributed by atoms with Crippen LogP contribution in [0.3, 0.4) is 0 Å². The minimum absolute atomic E-state index is 0.269. The average Bonchev–Trinajstić information content (AvgIpc) is 2.45. The van der Waals surface area contributed by atoms with Gasteiger partial charge in [0.25, 0.3) is 0 Å². The number of pyridine rings is 1. The molecule has 0 fully saturated rings. The van der Waals surface area contributed by atoms with Gasteiger partial charge in [-0.15, -0.1) is 0 Å². The number of rotatable bonds is 5. The zero-order chi connectivity index (χ0) is 14.6. The van der Waals surface area contributed by atoms with Crippen LogP contribution in [0.4, 0.5) is 4.39 Å². The molecule has 1 aromatic carbocycles. The molecule has 0 saturated carbocycles.